The molecule has 1 atom stereocenters. The van der Waals surface area contributed by atoms with E-state index < -0.39 is 12.0 Å². The van der Waals surface area contributed by atoms with E-state index in [1.807, 2.05) is 62.4 Å². The number of aromatic nitrogens is 1. The first-order valence-corrected chi connectivity index (χ1v) is 10.9. The average molecular weight is 450 g/mol. The van der Waals surface area contributed by atoms with Gasteiger partial charge in [-0.3, -0.25) is 9.59 Å². The minimum atomic E-state index is -0.920. The third kappa shape index (κ3) is 4.65. The number of rotatable bonds is 6. The Morgan fingerprint density at radius 1 is 1.06 bits per heavy atom. The molecular weight excluding hydrogens is 426 g/mol. The van der Waals surface area contributed by atoms with Crippen molar-refractivity contribution in [2.45, 2.75) is 45.6 Å². The van der Waals surface area contributed by atoms with Crippen LogP contribution in [-0.4, -0.2) is 32.7 Å². The summed E-state index contributed by atoms with van der Waals surface area (Å²) in [6.07, 6.45) is 0.809. The van der Waals surface area contributed by atoms with E-state index in [1.54, 1.807) is 0 Å². The van der Waals surface area contributed by atoms with Crippen LogP contribution in [0.3, 0.4) is 0 Å². The van der Waals surface area contributed by atoms with Crippen LogP contribution in [0.15, 0.2) is 53.6 Å². The summed E-state index contributed by atoms with van der Waals surface area (Å²) < 4.78 is 0. The summed E-state index contributed by atoms with van der Waals surface area (Å²) in [4.78, 5) is 28.5. The number of aryl methyl sites for hydroxylation is 2. The van der Waals surface area contributed by atoms with Gasteiger partial charge in [-0.2, -0.15) is 5.10 Å². The Bertz CT molecular complexity index is 1220. The van der Waals surface area contributed by atoms with Crippen molar-refractivity contribution in [3.63, 3.8) is 0 Å². The molecule has 0 unspecified atom stereocenters. The van der Waals surface area contributed by atoms with Crippen molar-refractivity contribution in [2.24, 2.45) is 5.10 Å². The fraction of sp³-hybridized carbons (Fsp3) is 0.280. The number of hydrazone groups is 1. The number of amides is 1. The summed E-state index contributed by atoms with van der Waals surface area (Å²) in [6.45, 7) is 4.02. The highest BCUT2D eigenvalue weighted by atomic mass is 35.5. The lowest BCUT2D eigenvalue weighted by Crippen LogP contribution is -2.27. The monoisotopic (exact) mass is 449 g/mol. The summed E-state index contributed by atoms with van der Waals surface area (Å²) in [7, 11) is 0. The molecule has 32 heavy (non-hydrogen) atoms. The van der Waals surface area contributed by atoms with Gasteiger partial charge in [0.2, 0.25) is 5.91 Å². The zero-order valence-electron chi connectivity index (χ0n) is 18.0. The van der Waals surface area contributed by atoms with Gasteiger partial charge in [0, 0.05) is 30.2 Å². The fourth-order valence-electron chi connectivity index (χ4n) is 3.91. The van der Waals surface area contributed by atoms with Gasteiger partial charge < -0.3 is 5.11 Å². The summed E-state index contributed by atoms with van der Waals surface area (Å²) in [5.41, 5.74) is 5.51. The second-order valence-electron chi connectivity index (χ2n) is 8.18. The van der Waals surface area contributed by atoms with Gasteiger partial charge in [-0.15, -0.1) is 0 Å². The summed E-state index contributed by atoms with van der Waals surface area (Å²) in [5.74, 6) is -1.14. The first-order valence-electron chi connectivity index (χ1n) is 10.6. The number of aliphatic carboxylic acids is 1. The van der Waals surface area contributed by atoms with Gasteiger partial charge in [0.05, 0.1) is 17.3 Å². The van der Waals surface area contributed by atoms with Crippen molar-refractivity contribution in [1.29, 1.82) is 0 Å². The Morgan fingerprint density at radius 2 is 1.78 bits per heavy atom. The lowest BCUT2D eigenvalue weighted by molar-refractivity contribution is -0.137. The third-order valence-corrected chi connectivity index (χ3v) is 5.95. The maximum atomic E-state index is 13.0. The van der Waals surface area contributed by atoms with Crippen LogP contribution in [0.2, 0.25) is 5.15 Å². The first kappa shape index (κ1) is 22.0. The molecular formula is C25H24ClN3O3. The van der Waals surface area contributed by atoms with Gasteiger partial charge in [-0.05, 0) is 43.5 Å². The molecule has 0 bridgehead atoms. The zero-order valence-corrected chi connectivity index (χ0v) is 18.8. The molecule has 0 spiro atoms. The van der Waals surface area contributed by atoms with E-state index in [-0.39, 0.29) is 25.2 Å². The maximum absolute atomic E-state index is 13.0. The molecule has 0 saturated carbocycles. The molecule has 2 heterocycles. The van der Waals surface area contributed by atoms with Gasteiger partial charge >= 0.3 is 5.97 Å². The number of benzene rings is 2. The third-order valence-electron chi connectivity index (χ3n) is 5.64. The molecule has 1 aliphatic rings. The smallest absolute Gasteiger partial charge is 0.303 e. The van der Waals surface area contributed by atoms with E-state index in [0.29, 0.717) is 11.6 Å². The quantitative estimate of drug-likeness (QED) is 0.508. The zero-order chi connectivity index (χ0) is 22.8. The number of hydrogen-bond donors (Lipinski definition) is 1. The summed E-state index contributed by atoms with van der Waals surface area (Å²) in [5, 5.41) is 16.3. The Morgan fingerprint density at radius 3 is 2.50 bits per heavy atom. The number of halogens is 1. The van der Waals surface area contributed by atoms with Crippen LogP contribution >= 0.6 is 11.6 Å². The number of carbonyl (C=O) groups is 2. The van der Waals surface area contributed by atoms with E-state index in [2.05, 4.69) is 10.1 Å². The minimum absolute atomic E-state index is 0.0591. The predicted octanol–water partition coefficient (Wildman–Crippen LogP) is 5.44. The van der Waals surface area contributed by atoms with Crippen molar-refractivity contribution in [3.8, 4) is 0 Å². The number of carboxylic acid groups (broad SMARTS) is 1. The molecule has 7 heteroatoms. The number of pyridine rings is 1. The molecule has 6 nitrogen and oxygen atoms in total. The van der Waals surface area contributed by atoms with Crippen molar-refractivity contribution in [2.75, 3.05) is 0 Å². The standard InChI is InChI=1S/C25H24ClN3O3/c1-15-6-9-17(10-7-15)21-14-22(29(28-21)23(30)4-3-5-24(31)32)19-13-18-11-8-16(2)12-20(18)27-25(19)26/h6-13,22H,3-5,14H2,1-2H3,(H,31,32)/t22-/m1/s1. The molecule has 1 aliphatic heterocycles. The Hall–Kier alpha value is -3.25. The largest absolute Gasteiger partial charge is 0.481 e. The van der Waals surface area contributed by atoms with Gasteiger partial charge in [0.25, 0.3) is 0 Å². The van der Waals surface area contributed by atoms with Crippen LogP contribution in [0.5, 0.6) is 0 Å². The van der Waals surface area contributed by atoms with Gasteiger partial charge in [0.15, 0.2) is 0 Å². The number of carboxylic acids is 1. The van der Waals surface area contributed by atoms with E-state index >= 15 is 0 Å². The van der Waals surface area contributed by atoms with Crippen LogP contribution in [0.1, 0.15) is 54.0 Å². The van der Waals surface area contributed by atoms with Crippen molar-refractivity contribution < 1.29 is 14.7 Å². The van der Waals surface area contributed by atoms with Crippen molar-refractivity contribution >= 4 is 40.1 Å². The molecule has 1 aromatic heterocycles. The Labute approximate surface area is 191 Å². The van der Waals surface area contributed by atoms with Crippen LogP contribution < -0.4 is 0 Å². The van der Waals surface area contributed by atoms with Crippen LogP contribution in [0.4, 0.5) is 0 Å². The Balaban J connectivity index is 1.70. The molecule has 4 rings (SSSR count). The highest BCUT2D eigenvalue weighted by molar-refractivity contribution is 6.30. The normalized spacial score (nSPS) is 15.8. The molecule has 1 amide bonds. The maximum Gasteiger partial charge on any atom is 0.303 e. The number of nitrogens with zero attached hydrogens (tertiary/aromatic N) is 3. The lowest BCUT2D eigenvalue weighted by atomic mass is 9.97. The fourth-order valence-corrected chi connectivity index (χ4v) is 4.18. The van der Waals surface area contributed by atoms with E-state index in [0.717, 1.165) is 38.9 Å². The molecule has 1 N–H and O–H groups in total. The van der Waals surface area contributed by atoms with Gasteiger partial charge in [-0.25, -0.2) is 9.99 Å². The number of hydrogen-bond acceptors (Lipinski definition) is 4. The topological polar surface area (TPSA) is 82.9 Å². The predicted molar refractivity (Wildman–Crippen MR) is 125 cm³/mol. The number of carbonyl (C=O) groups excluding carboxylic acids is 1. The van der Waals surface area contributed by atoms with Crippen molar-refractivity contribution in [1.82, 2.24) is 9.99 Å². The van der Waals surface area contributed by atoms with E-state index in [1.165, 1.54) is 5.01 Å². The van der Waals surface area contributed by atoms with Crippen LogP contribution in [-0.2, 0) is 9.59 Å². The highest BCUT2D eigenvalue weighted by Gasteiger charge is 2.34. The average Bonchev–Trinajstić information content (AvgIpc) is 3.18. The lowest BCUT2D eigenvalue weighted by Gasteiger charge is -2.23. The van der Waals surface area contributed by atoms with E-state index in [4.69, 9.17) is 16.7 Å². The molecule has 164 valence electrons. The van der Waals surface area contributed by atoms with E-state index in [9.17, 15) is 9.59 Å². The molecule has 2 aromatic carbocycles. The highest BCUT2D eigenvalue weighted by Crippen LogP contribution is 2.37. The molecule has 0 saturated heterocycles. The van der Waals surface area contributed by atoms with Crippen LogP contribution in [0, 0.1) is 13.8 Å². The second kappa shape index (κ2) is 9.09. The number of fused-ring (bicyclic) bond motifs is 1. The SMILES string of the molecule is Cc1ccc(C2=NN(C(=O)CCCC(=O)O)[C@@H](c3cc4ccc(C)cc4nc3Cl)C2)cc1. The summed E-state index contributed by atoms with van der Waals surface area (Å²) >= 11 is 6.59. The van der Waals surface area contributed by atoms with Crippen LogP contribution in [0.25, 0.3) is 10.9 Å². The van der Waals surface area contributed by atoms with Crippen molar-refractivity contribution in [3.05, 3.63) is 75.9 Å². The molecule has 3 aromatic rings. The summed E-state index contributed by atoms with van der Waals surface area (Å²) in [6, 6.07) is 15.6. The van der Waals surface area contributed by atoms with Gasteiger partial charge in [-0.1, -0.05) is 53.6 Å². The molecule has 0 aliphatic carbocycles. The first-order chi connectivity index (χ1) is 15.3. The molecule has 0 radical (unpaired) electrons. The Kier molecular flexibility index (Phi) is 6.24. The second-order valence-corrected chi connectivity index (χ2v) is 8.54. The minimum Gasteiger partial charge on any atom is -0.481 e. The molecule has 0 fully saturated rings. The van der Waals surface area contributed by atoms with Gasteiger partial charge in [0.1, 0.15) is 5.15 Å².